The van der Waals surface area contributed by atoms with Gasteiger partial charge in [0.15, 0.2) is 0 Å². The Morgan fingerprint density at radius 3 is 2.39 bits per heavy atom. The van der Waals surface area contributed by atoms with E-state index in [0.29, 0.717) is 0 Å². The maximum absolute atomic E-state index is 9.38. The van der Waals surface area contributed by atoms with E-state index >= 15 is 0 Å². The standard InChI is InChI=1S/C15H22N2O/c1-4-6-11-17(5-2)15(12-16)13-7-9-14(18-3)10-8-13/h7-10,15H,4-6,11H2,1-3H3. The SMILES string of the molecule is CCCCN(CC)C(C#N)c1ccc(OC)cc1. The van der Waals surface area contributed by atoms with Crippen LogP contribution in [0.5, 0.6) is 5.75 Å². The minimum absolute atomic E-state index is 0.160. The molecule has 0 amide bonds. The van der Waals surface area contributed by atoms with Gasteiger partial charge in [0.25, 0.3) is 0 Å². The minimum atomic E-state index is -0.160. The lowest BCUT2D eigenvalue weighted by Gasteiger charge is -2.25. The molecular weight excluding hydrogens is 224 g/mol. The normalized spacial score (nSPS) is 12.2. The van der Waals surface area contributed by atoms with E-state index in [0.717, 1.165) is 37.2 Å². The maximum atomic E-state index is 9.38. The van der Waals surface area contributed by atoms with Crippen molar-refractivity contribution in [3.8, 4) is 11.8 Å². The van der Waals surface area contributed by atoms with Crippen LogP contribution in [0.15, 0.2) is 24.3 Å². The topological polar surface area (TPSA) is 36.3 Å². The Morgan fingerprint density at radius 2 is 1.94 bits per heavy atom. The first-order valence-electron chi connectivity index (χ1n) is 6.54. The van der Waals surface area contributed by atoms with Crippen molar-refractivity contribution in [2.75, 3.05) is 20.2 Å². The Hall–Kier alpha value is -1.53. The predicted octanol–water partition coefficient (Wildman–Crippen LogP) is 3.38. The summed E-state index contributed by atoms with van der Waals surface area (Å²) in [4.78, 5) is 2.21. The Balaban J connectivity index is 2.82. The van der Waals surface area contributed by atoms with Crippen molar-refractivity contribution in [3.63, 3.8) is 0 Å². The molecule has 0 aliphatic carbocycles. The average molecular weight is 246 g/mol. The number of nitrogens with zero attached hydrogens (tertiary/aromatic N) is 2. The third-order valence-corrected chi connectivity index (χ3v) is 3.12. The van der Waals surface area contributed by atoms with Crippen LogP contribution in [0.25, 0.3) is 0 Å². The highest BCUT2D eigenvalue weighted by molar-refractivity contribution is 5.31. The van der Waals surface area contributed by atoms with Crippen LogP contribution in [0.2, 0.25) is 0 Å². The second-order valence-corrected chi connectivity index (χ2v) is 4.29. The van der Waals surface area contributed by atoms with Crippen LogP contribution in [0.3, 0.4) is 0 Å². The number of benzene rings is 1. The van der Waals surface area contributed by atoms with Crippen molar-refractivity contribution in [2.24, 2.45) is 0 Å². The average Bonchev–Trinajstić information content (AvgIpc) is 2.43. The number of rotatable bonds is 7. The molecule has 0 N–H and O–H groups in total. The molecule has 0 saturated heterocycles. The van der Waals surface area contributed by atoms with Crippen molar-refractivity contribution < 1.29 is 4.74 Å². The molecule has 18 heavy (non-hydrogen) atoms. The number of hydrogen-bond donors (Lipinski definition) is 0. The van der Waals surface area contributed by atoms with E-state index in [2.05, 4.69) is 24.8 Å². The van der Waals surface area contributed by atoms with Crippen molar-refractivity contribution in [1.82, 2.24) is 4.90 Å². The van der Waals surface area contributed by atoms with Crippen LogP contribution < -0.4 is 4.74 Å². The number of nitriles is 1. The fourth-order valence-electron chi connectivity index (χ4n) is 1.98. The summed E-state index contributed by atoms with van der Waals surface area (Å²) in [7, 11) is 1.65. The van der Waals surface area contributed by atoms with E-state index in [1.165, 1.54) is 0 Å². The molecule has 0 aliphatic rings. The van der Waals surface area contributed by atoms with E-state index in [1.54, 1.807) is 7.11 Å². The van der Waals surface area contributed by atoms with Crippen LogP contribution in [0.4, 0.5) is 0 Å². The molecule has 1 rings (SSSR count). The van der Waals surface area contributed by atoms with Gasteiger partial charge in [0, 0.05) is 0 Å². The summed E-state index contributed by atoms with van der Waals surface area (Å²) in [5.41, 5.74) is 1.04. The van der Waals surface area contributed by atoms with Gasteiger partial charge in [0.1, 0.15) is 11.8 Å². The van der Waals surface area contributed by atoms with Crippen LogP contribution in [-0.2, 0) is 0 Å². The molecule has 0 aromatic heterocycles. The molecule has 0 fully saturated rings. The smallest absolute Gasteiger partial charge is 0.123 e. The van der Waals surface area contributed by atoms with Gasteiger partial charge in [-0.3, -0.25) is 4.90 Å². The third kappa shape index (κ3) is 3.75. The summed E-state index contributed by atoms with van der Waals surface area (Å²) in [6.07, 6.45) is 2.28. The highest BCUT2D eigenvalue weighted by atomic mass is 16.5. The molecule has 0 bridgehead atoms. The molecule has 1 aromatic rings. The largest absolute Gasteiger partial charge is 0.497 e. The molecule has 98 valence electrons. The van der Waals surface area contributed by atoms with Gasteiger partial charge in [0.2, 0.25) is 0 Å². The zero-order valence-electron chi connectivity index (χ0n) is 11.5. The Kier molecular flexibility index (Phi) is 6.24. The van der Waals surface area contributed by atoms with E-state index in [9.17, 15) is 5.26 Å². The van der Waals surface area contributed by atoms with Gasteiger partial charge in [-0.1, -0.05) is 32.4 Å². The molecule has 1 atom stereocenters. The summed E-state index contributed by atoms with van der Waals surface area (Å²) in [6, 6.07) is 10.0. The highest BCUT2D eigenvalue weighted by Crippen LogP contribution is 2.22. The van der Waals surface area contributed by atoms with Crippen LogP contribution in [0, 0.1) is 11.3 Å². The van der Waals surface area contributed by atoms with E-state index < -0.39 is 0 Å². The van der Waals surface area contributed by atoms with Crippen LogP contribution >= 0.6 is 0 Å². The fourth-order valence-corrected chi connectivity index (χ4v) is 1.98. The first kappa shape index (κ1) is 14.5. The van der Waals surface area contributed by atoms with Crippen LogP contribution in [0.1, 0.15) is 38.3 Å². The van der Waals surface area contributed by atoms with E-state index in [4.69, 9.17) is 4.74 Å². The lowest BCUT2D eigenvalue weighted by atomic mass is 10.1. The van der Waals surface area contributed by atoms with Crippen molar-refractivity contribution >= 4 is 0 Å². The van der Waals surface area contributed by atoms with Gasteiger partial charge in [-0.25, -0.2) is 0 Å². The monoisotopic (exact) mass is 246 g/mol. The molecule has 1 unspecified atom stereocenters. The number of hydrogen-bond acceptors (Lipinski definition) is 3. The molecule has 0 heterocycles. The summed E-state index contributed by atoms with van der Waals surface area (Å²) in [5.74, 6) is 0.826. The first-order valence-corrected chi connectivity index (χ1v) is 6.54. The lowest BCUT2D eigenvalue weighted by Crippen LogP contribution is -2.28. The molecule has 1 aromatic carbocycles. The van der Waals surface area contributed by atoms with Crippen molar-refractivity contribution in [3.05, 3.63) is 29.8 Å². The Labute approximate surface area is 110 Å². The number of methoxy groups -OCH3 is 1. The Morgan fingerprint density at radius 1 is 1.28 bits per heavy atom. The highest BCUT2D eigenvalue weighted by Gasteiger charge is 2.17. The van der Waals surface area contributed by atoms with Crippen LogP contribution in [-0.4, -0.2) is 25.1 Å². The van der Waals surface area contributed by atoms with Crippen molar-refractivity contribution in [2.45, 2.75) is 32.7 Å². The lowest BCUT2D eigenvalue weighted by molar-refractivity contribution is 0.244. The van der Waals surface area contributed by atoms with E-state index in [-0.39, 0.29) is 6.04 Å². The molecule has 0 spiro atoms. The quantitative estimate of drug-likeness (QED) is 0.740. The van der Waals surface area contributed by atoms with Gasteiger partial charge in [0.05, 0.1) is 13.2 Å². The third-order valence-electron chi connectivity index (χ3n) is 3.12. The maximum Gasteiger partial charge on any atom is 0.123 e. The predicted molar refractivity (Wildman–Crippen MR) is 73.5 cm³/mol. The molecule has 0 saturated carbocycles. The first-order chi connectivity index (χ1) is 8.76. The Bertz CT molecular complexity index is 380. The minimum Gasteiger partial charge on any atom is -0.497 e. The van der Waals surface area contributed by atoms with Gasteiger partial charge >= 0.3 is 0 Å². The molecule has 3 nitrogen and oxygen atoms in total. The zero-order valence-corrected chi connectivity index (χ0v) is 11.5. The van der Waals surface area contributed by atoms with Gasteiger partial charge < -0.3 is 4.74 Å². The second-order valence-electron chi connectivity index (χ2n) is 4.29. The van der Waals surface area contributed by atoms with E-state index in [1.807, 2.05) is 24.3 Å². The molecular formula is C15H22N2O. The summed E-state index contributed by atoms with van der Waals surface area (Å²) in [5, 5.41) is 9.38. The molecule has 0 radical (unpaired) electrons. The summed E-state index contributed by atoms with van der Waals surface area (Å²) < 4.78 is 5.14. The zero-order chi connectivity index (χ0) is 13.4. The summed E-state index contributed by atoms with van der Waals surface area (Å²) >= 11 is 0. The van der Waals surface area contributed by atoms with Gasteiger partial charge in [-0.2, -0.15) is 5.26 Å². The summed E-state index contributed by atoms with van der Waals surface area (Å²) in [6.45, 7) is 6.13. The van der Waals surface area contributed by atoms with Gasteiger partial charge in [-0.15, -0.1) is 0 Å². The number of ether oxygens (including phenoxy) is 1. The molecule has 3 heteroatoms. The second kappa shape index (κ2) is 7.73. The number of unbranched alkanes of at least 4 members (excludes halogenated alkanes) is 1. The van der Waals surface area contributed by atoms with Gasteiger partial charge in [-0.05, 0) is 37.2 Å². The fraction of sp³-hybridized carbons (Fsp3) is 0.533. The molecule has 0 aliphatic heterocycles. The van der Waals surface area contributed by atoms with Crippen molar-refractivity contribution in [1.29, 1.82) is 5.26 Å².